The van der Waals surface area contributed by atoms with Crippen LogP contribution in [0, 0.1) is 17.3 Å². The van der Waals surface area contributed by atoms with Crippen molar-refractivity contribution in [3.63, 3.8) is 0 Å². The molecule has 0 atom stereocenters. The zero-order valence-corrected chi connectivity index (χ0v) is 10.2. The Kier molecular flexibility index (Phi) is 4.01. The zero-order valence-electron chi connectivity index (χ0n) is 10.2. The van der Waals surface area contributed by atoms with Crippen LogP contribution in [0.15, 0.2) is 30.3 Å². The van der Waals surface area contributed by atoms with Gasteiger partial charge in [0, 0.05) is 25.2 Å². The molecule has 2 rings (SSSR count). The van der Waals surface area contributed by atoms with Gasteiger partial charge >= 0.3 is 5.97 Å². The first-order valence-corrected chi connectivity index (χ1v) is 6.08. The fourth-order valence-electron chi connectivity index (χ4n) is 2.07. The molecule has 0 bridgehead atoms. The quantitative estimate of drug-likeness (QED) is 0.812. The standard InChI is InChI=1S/C15H16O3/c16-14(17)15(9-11-18-12-10-15)8-4-7-13-5-2-1-3-6-13/h1-3,5-6H,8-12H2,(H,16,17). The SMILES string of the molecule is O=C(O)C1(CC#Cc2ccccc2)CCOCC1. The number of aliphatic carboxylic acids is 1. The maximum atomic E-state index is 11.4. The molecule has 1 aliphatic heterocycles. The Morgan fingerprint density at radius 2 is 1.94 bits per heavy atom. The van der Waals surface area contributed by atoms with Crippen molar-refractivity contribution < 1.29 is 14.6 Å². The lowest BCUT2D eigenvalue weighted by Crippen LogP contribution is -2.36. The van der Waals surface area contributed by atoms with Gasteiger partial charge in [-0.3, -0.25) is 4.79 Å². The highest BCUT2D eigenvalue weighted by atomic mass is 16.5. The molecule has 1 aliphatic rings. The third-order valence-corrected chi connectivity index (χ3v) is 3.34. The van der Waals surface area contributed by atoms with E-state index in [1.54, 1.807) is 0 Å². The summed E-state index contributed by atoms with van der Waals surface area (Å²) in [6.07, 6.45) is 1.48. The van der Waals surface area contributed by atoms with Crippen LogP contribution in [-0.2, 0) is 9.53 Å². The van der Waals surface area contributed by atoms with Gasteiger partial charge in [0.2, 0.25) is 0 Å². The van der Waals surface area contributed by atoms with E-state index in [0.29, 0.717) is 32.5 Å². The number of carboxylic acids is 1. The van der Waals surface area contributed by atoms with E-state index in [1.165, 1.54) is 0 Å². The molecule has 1 aromatic rings. The molecule has 3 nitrogen and oxygen atoms in total. The lowest BCUT2D eigenvalue weighted by molar-refractivity contribution is -0.154. The first kappa shape index (κ1) is 12.7. The third kappa shape index (κ3) is 2.91. The Bertz CT molecular complexity index is 462. The summed E-state index contributed by atoms with van der Waals surface area (Å²) in [5, 5.41) is 9.36. The van der Waals surface area contributed by atoms with Crippen LogP contribution in [0.3, 0.4) is 0 Å². The van der Waals surface area contributed by atoms with E-state index in [1.807, 2.05) is 30.3 Å². The van der Waals surface area contributed by atoms with Crippen LogP contribution in [0.2, 0.25) is 0 Å². The lowest BCUT2D eigenvalue weighted by atomic mass is 9.77. The highest BCUT2D eigenvalue weighted by Crippen LogP contribution is 2.34. The summed E-state index contributed by atoms with van der Waals surface area (Å²) in [6, 6.07) is 9.62. The molecule has 1 N–H and O–H groups in total. The van der Waals surface area contributed by atoms with E-state index in [9.17, 15) is 9.90 Å². The largest absolute Gasteiger partial charge is 0.481 e. The summed E-state index contributed by atoms with van der Waals surface area (Å²) in [7, 11) is 0. The third-order valence-electron chi connectivity index (χ3n) is 3.34. The van der Waals surface area contributed by atoms with Gasteiger partial charge in [0.1, 0.15) is 0 Å². The van der Waals surface area contributed by atoms with Crippen LogP contribution >= 0.6 is 0 Å². The van der Waals surface area contributed by atoms with Gasteiger partial charge in [0.15, 0.2) is 0 Å². The maximum Gasteiger partial charge on any atom is 0.310 e. The molecular formula is C15H16O3. The van der Waals surface area contributed by atoms with E-state index in [2.05, 4.69) is 11.8 Å². The average molecular weight is 244 g/mol. The molecular weight excluding hydrogens is 228 g/mol. The van der Waals surface area contributed by atoms with Gasteiger partial charge in [-0.2, -0.15) is 0 Å². The number of rotatable bonds is 2. The van der Waals surface area contributed by atoms with Crippen molar-refractivity contribution >= 4 is 5.97 Å². The molecule has 0 saturated carbocycles. The van der Waals surface area contributed by atoms with Crippen LogP contribution in [0.5, 0.6) is 0 Å². The van der Waals surface area contributed by atoms with Gasteiger partial charge in [0.25, 0.3) is 0 Å². The molecule has 1 heterocycles. The number of benzene rings is 1. The second kappa shape index (κ2) is 5.70. The second-order valence-electron chi connectivity index (χ2n) is 4.54. The predicted molar refractivity (Wildman–Crippen MR) is 68.1 cm³/mol. The highest BCUT2D eigenvalue weighted by Gasteiger charge is 2.39. The maximum absolute atomic E-state index is 11.4. The highest BCUT2D eigenvalue weighted by molar-refractivity contribution is 5.75. The summed E-state index contributed by atoms with van der Waals surface area (Å²) in [5.41, 5.74) is 0.199. The molecule has 0 amide bonds. The van der Waals surface area contributed by atoms with Gasteiger partial charge in [-0.05, 0) is 25.0 Å². The predicted octanol–water partition coefficient (Wildman–Crippen LogP) is 2.31. The van der Waals surface area contributed by atoms with Crippen LogP contribution in [-0.4, -0.2) is 24.3 Å². The topological polar surface area (TPSA) is 46.5 Å². The van der Waals surface area contributed by atoms with Crippen LogP contribution in [0.25, 0.3) is 0 Å². The summed E-state index contributed by atoms with van der Waals surface area (Å²) in [5.74, 6) is 5.27. The van der Waals surface area contributed by atoms with Crippen molar-refractivity contribution in [2.24, 2.45) is 5.41 Å². The average Bonchev–Trinajstić information content (AvgIpc) is 2.41. The Hall–Kier alpha value is -1.79. The molecule has 0 radical (unpaired) electrons. The van der Waals surface area contributed by atoms with Crippen molar-refractivity contribution in [1.82, 2.24) is 0 Å². The first-order chi connectivity index (χ1) is 8.73. The van der Waals surface area contributed by atoms with Gasteiger partial charge < -0.3 is 9.84 Å². The summed E-state index contributed by atoms with van der Waals surface area (Å²) in [6.45, 7) is 1.03. The summed E-state index contributed by atoms with van der Waals surface area (Å²) >= 11 is 0. The molecule has 1 aromatic carbocycles. The van der Waals surface area contributed by atoms with Gasteiger partial charge in [-0.15, -0.1) is 0 Å². The van der Waals surface area contributed by atoms with E-state index >= 15 is 0 Å². The minimum atomic E-state index is -0.756. The normalized spacial score (nSPS) is 17.6. The molecule has 94 valence electrons. The van der Waals surface area contributed by atoms with Gasteiger partial charge in [-0.25, -0.2) is 0 Å². The van der Waals surface area contributed by atoms with Crippen molar-refractivity contribution in [3.05, 3.63) is 35.9 Å². The minimum Gasteiger partial charge on any atom is -0.481 e. The molecule has 0 spiro atoms. The van der Waals surface area contributed by atoms with Crippen molar-refractivity contribution in [2.75, 3.05) is 13.2 Å². The lowest BCUT2D eigenvalue weighted by Gasteiger charge is -2.31. The monoisotopic (exact) mass is 244 g/mol. The molecule has 1 fully saturated rings. The zero-order chi connectivity index (χ0) is 12.8. The van der Waals surface area contributed by atoms with Crippen molar-refractivity contribution in [1.29, 1.82) is 0 Å². The Morgan fingerprint density at radius 1 is 1.28 bits per heavy atom. The molecule has 0 aliphatic carbocycles. The number of hydrogen-bond donors (Lipinski definition) is 1. The Balaban J connectivity index is 2.07. The van der Waals surface area contributed by atoms with E-state index in [-0.39, 0.29) is 0 Å². The van der Waals surface area contributed by atoms with Gasteiger partial charge in [-0.1, -0.05) is 30.0 Å². The molecule has 1 saturated heterocycles. The summed E-state index contributed by atoms with van der Waals surface area (Å²) in [4.78, 5) is 11.4. The van der Waals surface area contributed by atoms with E-state index in [4.69, 9.17) is 4.74 Å². The number of carbonyl (C=O) groups is 1. The van der Waals surface area contributed by atoms with E-state index in [0.717, 1.165) is 5.56 Å². The van der Waals surface area contributed by atoms with Crippen molar-refractivity contribution in [3.8, 4) is 11.8 Å². The van der Waals surface area contributed by atoms with Crippen molar-refractivity contribution in [2.45, 2.75) is 19.3 Å². The minimum absolute atomic E-state index is 0.389. The first-order valence-electron chi connectivity index (χ1n) is 6.08. The fourth-order valence-corrected chi connectivity index (χ4v) is 2.07. The molecule has 0 aromatic heterocycles. The van der Waals surface area contributed by atoms with Crippen LogP contribution < -0.4 is 0 Å². The summed E-state index contributed by atoms with van der Waals surface area (Å²) < 4.78 is 5.23. The molecule has 3 heteroatoms. The molecule has 18 heavy (non-hydrogen) atoms. The van der Waals surface area contributed by atoms with E-state index < -0.39 is 11.4 Å². The number of ether oxygens (including phenoxy) is 1. The smallest absolute Gasteiger partial charge is 0.310 e. The van der Waals surface area contributed by atoms with Crippen LogP contribution in [0.4, 0.5) is 0 Å². The van der Waals surface area contributed by atoms with Crippen LogP contribution in [0.1, 0.15) is 24.8 Å². The number of carboxylic acid groups (broad SMARTS) is 1. The number of hydrogen-bond acceptors (Lipinski definition) is 2. The molecule has 0 unspecified atom stereocenters. The second-order valence-corrected chi connectivity index (χ2v) is 4.54. The fraction of sp³-hybridized carbons (Fsp3) is 0.400. The van der Waals surface area contributed by atoms with Gasteiger partial charge in [0.05, 0.1) is 5.41 Å². The Labute approximate surface area is 107 Å². The Morgan fingerprint density at radius 3 is 2.56 bits per heavy atom.